The fraction of sp³-hybridized carbons (Fsp3) is 0.538. The molecule has 0 saturated carbocycles. The molecule has 0 N–H and O–H groups in total. The summed E-state index contributed by atoms with van der Waals surface area (Å²) in [6.45, 7) is 2.03. The zero-order valence-electron chi connectivity index (χ0n) is 9.45. The van der Waals surface area contributed by atoms with Gasteiger partial charge in [-0.3, -0.25) is 0 Å². The predicted octanol–water partition coefficient (Wildman–Crippen LogP) is 3.32. The molecular weight excluding hydrogens is 188 g/mol. The third-order valence-corrected chi connectivity index (χ3v) is 2.94. The van der Waals surface area contributed by atoms with Crippen LogP contribution in [0.3, 0.4) is 0 Å². The average Bonchev–Trinajstić information content (AvgIpc) is 2.67. The maximum atomic E-state index is 5.92. The second-order valence-corrected chi connectivity index (χ2v) is 4.02. The van der Waals surface area contributed by atoms with Crippen LogP contribution >= 0.6 is 0 Å². The monoisotopic (exact) mass is 206 g/mol. The Bertz CT molecular complexity index is 323. The van der Waals surface area contributed by atoms with Crippen molar-refractivity contribution in [3.63, 3.8) is 0 Å². The maximum absolute atomic E-state index is 5.92. The molecule has 1 heterocycles. The average molecular weight is 206 g/mol. The van der Waals surface area contributed by atoms with Crippen LogP contribution in [-0.2, 0) is 9.47 Å². The van der Waals surface area contributed by atoms with Crippen LogP contribution in [0.4, 0.5) is 0 Å². The largest absolute Gasteiger partial charge is 0.504 e. The SMILES string of the molecule is C/C=C/C1CC(=COC)C2=C(CCC2)O1. The number of ether oxygens (including phenoxy) is 2. The molecule has 1 unspecified atom stereocenters. The van der Waals surface area contributed by atoms with E-state index in [4.69, 9.17) is 9.47 Å². The minimum Gasteiger partial charge on any atom is -0.504 e. The van der Waals surface area contributed by atoms with Crippen LogP contribution in [0.1, 0.15) is 32.6 Å². The van der Waals surface area contributed by atoms with Crippen molar-refractivity contribution in [2.45, 2.75) is 38.7 Å². The number of hydrogen-bond donors (Lipinski definition) is 0. The predicted molar refractivity (Wildman–Crippen MR) is 60.3 cm³/mol. The highest BCUT2D eigenvalue weighted by Gasteiger charge is 2.27. The topological polar surface area (TPSA) is 18.5 Å². The van der Waals surface area contributed by atoms with Crippen molar-refractivity contribution < 1.29 is 9.47 Å². The van der Waals surface area contributed by atoms with Gasteiger partial charge in [-0.1, -0.05) is 6.08 Å². The maximum Gasteiger partial charge on any atom is 0.120 e. The van der Waals surface area contributed by atoms with E-state index in [1.54, 1.807) is 7.11 Å². The lowest BCUT2D eigenvalue weighted by Gasteiger charge is -2.25. The summed E-state index contributed by atoms with van der Waals surface area (Å²) in [5.41, 5.74) is 2.71. The van der Waals surface area contributed by atoms with Gasteiger partial charge in [-0.25, -0.2) is 0 Å². The lowest BCUT2D eigenvalue weighted by Crippen LogP contribution is -2.17. The van der Waals surface area contributed by atoms with E-state index in [0.717, 1.165) is 19.3 Å². The Kier molecular flexibility index (Phi) is 3.14. The molecule has 0 saturated heterocycles. The molecule has 0 aromatic carbocycles. The molecule has 2 nitrogen and oxygen atoms in total. The number of hydrogen-bond acceptors (Lipinski definition) is 2. The van der Waals surface area contributed by atoms with E-state index in [9.17, 15) is 0 Å². The van der Waals surface area contributed by atoms with Crippen LogP contribution in [0.2, 0.25) is 0 Å². The molecule has 1 aliphatic carbocycles. The Morgan fingerprint density at radius 2 is 2.27 bits per heavy atom. The van der Waals surface area contributed by atoms with Gasteiger partial charge in [0.05, 0.1) is 13.4 Å². The molecule has 0 bridgehead atoms. The van der Waals surface area contributed by atoms with E-state index in [0.29, 0.717) is 0 Å². The van der Waals surface area contributed by atoms with E-state index < -0.39 is 0 Å². The van der Waals surface area contributed by atoms with Crippen LogP contribution in [0.5, 0.6) is 0 Å². The molecule has 0 aromatic rings. The van der Waals surface area contributed by atoms with Gasteiger partial charge in [-0.15, -0.1) is 0 Å². The first-order valence-electron chi connectivity index (χ1n) is 5.59. The first-order valence-corrected chi connectivity index (χ1v) is 5.59. The Morgan fingerprint density at radius 3 is 3.00 bits per heavy atom. The Morgan fingerprint density at radius 1 is 1.40 bits per heavy atom. The van der Waals surface area contributed by atoms with Crippen molar-refractivity contribution in [1.29, 1.82) is 0 Å². The lowest BCUT2D eigenvalue weighted by atomic mass is 9.97. The normalized spacial score (nSPS) is 28.4. The van der Waals surface area contributed by atoms with Gasteiger partial charge in [0.15, 0.2) is 0 Å². The fourth-order valence-corrected chi connectivity index (χ4v) is 2.33. The smallest absolute Gasteiger partial charge is 0.120 e. The van der Waals surface area contributed by atoms with Crippen molar-refractivity contribution in [3.05, 3.63) is 35.3 Å². The zero-order valence-corrected chi connectivity index (χ0v) is 9.45. The molecule has 2 heteroatoms. The first kappa shape index (κ1) is 10.3. The van der Waals surface area contributed by atoms with E-state index >= 15 is 0 Å². The molecule has 0 amide bonds. The summed E-state index contributed by atoms with van der Waals surface area (Å²) in [6, 6.07) is 0. The van der Waals surface area contributed by atoms with Crippen LogP contribution in [0.25, 0.3) is 0 Å². The van der Waals surface area contributed by atoms with Gasteiger partial charge >= 0.3 is 0 Å². The number of allylic oxidation sites excluding steroid dienone is 3. The summed E-state index contributed by atoms with van der Waals surface area (Å²) < 4.78 is 11.1. The Labute approximate surface area is 91.3 Å². The Balaban J connectivity index is 2.23. The van der Waals surface area contributed by atoms with Crippen LogP contribution < -0.4 is 0 Å². The molecule has 0 aromatic heterocycles. The van der Waals surface area contributed by atoms with Gasteiger partial charge in [0.1, 0.15) is 11.9 Å². The van der Waals surface area contributed by atoms with Crippen molar-refractivity contribution in [3.8, 4) is 0 Å². The highest BCUT2D eigenvalue weighted by Crippen LogP contribution is 2.39. The molecule has 15 heavy (non-hydrogen) atoms. The standard InChI is InChI=1S/C13H18O2/c1-3-5-11-8-10(9-14-2)12-6-4-7-13(12)15-11/h3,5,9,11H,4,6-8H2,1-2H3/b5-3+,10-9?. The summed E-state index contributed by atoms with van der Waals surface area (Å²) in [7, 11) is 1.71. The van der Waals surface area contributed by atoms with Gasteiger partial charge in [-0.05, 0) is 37.0 Å². The van der Waals surface area contributed by atoms with Crippen LogP contribution in [0, 0.1) is 0 Å². The van der Waals surface area contributed by atoms with Crippen LogP contribution in [-0.4, -0.2) is 13.2 Å². The second-order valence-electron chi connectivity index (χ2n) is 4.02. The minimum absolute atomic E-state index is 0.202. The molecular formula is C13H18O2. The molecule has 0 fully saturated rings. The summed E-state index contributed by atoms with van der Waals surface area (Å²) >= 11 is 0. The van der Waals surface area contributed by atoms with Gasteiger partial charge in [0, 0.05) is 12.8 Å². The molecule has 1 atom stereocenters. The van der Waals surface area contributed by atoms with E-state index in [1.807, 2.05) is 13.2 Å². The molecule has 82 valence electrons. The van der Waals surface area contributed by atoms with Crippen LogP contribution in [0.15, 0.2) is 35.3 Å². The quantitative estimate of drug-likeness (QED) is 0.509. The van der Waals surface area contributed by atoms with Gasteiger partial charge in [-0.2, -0.15) is 0 Å². The molecule has 2 rings (SSSR count). The van der Waals surface area contributed by atoms with E-state index in [-0.39, 0.29) is 6.10 Å². The molecule has 1 aliphatic heterocycles. The van der Waals surface area contributed by atoms with Crippen molar-refractivity contribution in [2.75, 3.05) is 7.11 Å². The highest BCUT2D eigenvalue weighted by molar-refractivity contribution is 5.38. The summed E-state index contributed by atoms with van der Waals surface area (Å²) in [4.78, 5) is 0. The van der Waals surface area contributed by atoms with E-state index in [2.05, 4.69) is 12.2 Å². The number of rotatable bonds is 2. The molecule has 2 aliphatic rings. The van der Waals surface area contributed by atoms with Gasteiger partial charge in [0.25, 0.3) is 0 Å². The molecule has 0 radical (unpaired) electrons. The van der Waals surface area contributed by atoms with Crippen molar-refractivity contribution in [2.24, 2.45) is 0 Å². The minimum atomic E-state index is 0.202. The Hall–Kier alpha value is -1.18. The first-order chi connectivity index (χ1) is 7.35. The van der Waals surface area contributed by atoms with E-state index in [1.165, 1.54) is 23.3 Å². The lowest BCUT2D eigenvalue weighted by molar-refractivity contribution is 0.137. The summed E-state index contributed by atoms with van der Waals surface area (Å²) in [5.74, 6) is 1.19. The van der Waals surface area contributed by atoms with Gasteiger partial charge < -0.3 is 9.47 Å². The van der Waals surface area contributed by atoms with Crippen molar-refractivity contribution >= 4 is 0 Å². The summed E-state index contributed by atoms with van der Waals surface area (Å²) in [5, 5.41) is 0. The van der Waals surface area contributed by atoms with Crippen molar-refractivity contribution in [1.82, 2.24) is 0 Å². The zero-order chi connectivity index (χ0) is 10.7. The summed E-state index contributed by atoms with van der Waals surface area (Å²) in [6.07, 6.45) is 10.6. The van der Waals surface area contributed by atoms with Gasteiger partial charge in [0.2, 0.25) is 0 Å². The fourth-order valence-electron chi connectivity index (χ4n) is 2.33. The highest BCUT2D eigenvalue weighted by atomic mass is 16.5. The molecule has 0 spiro atoms. The third-order valence-electron chi connectivity index (χ3n) is 2.94. The second kappa shape index (κ2) is 4.56. The third kappa shape index (κ3) is 2.09. The number of methoxy groups -OCH3 is 1.